The third-order valence-corrected chi connectivity index (χ3v) is 6.11. The Morgan fingerprint density at radius 3 is 2.80 bits per heavy atom. The van der Waals surface area contributed by atoms with Crippen LogP contribution in [0.15, 0.2) is 23.1 Å². The molecule has 0 bridgehead atoms. The number of piperidine rings is 1. The minimum atomic E-state index is -3.42. The topological polar surface area (TPSA) is 49.4 Å². The number of nitrogens with one attached hydrogen (secondary N) is 1. The predicted molar refractivity (Wildman–Crippen MR) is 81.4 cm³/mol. The van der Waals surface area contributed by atoms with E-state index >= 15 is 0 Å². The molecule has 4 nitrogen and oxygen atoms in total. The Bertz CT molecular complexity index is 575. The van der Waals surface area contributed by atoms with Crippen molar-refractivity contribution < 1.29 is 8.42 Å². The fraction of sp³-hybridized carbons (Fsp3) is 0.571. The summed E-state index contributed by atoms with van der Waals surface area (Å²) in [6.07, 6.45) is 2.95. The van der Waals surface area contributed by atoms with Gasteiger partial charge in [0.25, 0.3) is 0 Å². The molecule has 6 heteroatoms. The van der Waals surface area contributed by atoms with Crippen LogP contribution in [0.4, 0.5) is 0 Å². The molecule has 1 aromatic carbocycles. The van der Waals surface area contributed by atoms with E-state index in [1.807, 2.05) is 14.0 Å². The van der Waals surface area contributed by atoms with Crippen molar-refractivity contribution >= 4 is 21.6 Å². The summed E-state index contributed by atoms with van der Waals surface area (Å²) in [6.45, 7) is 3.13. The highest BCUT2D eigenvalue weighted by molar-refractivity contribution is 7.89. The summed E-state index contributed by atoms with van der Waals surface area (Å²) in [5.41, 5.74) is 0.805. The molecule has 1 unspecified atom stereocenters. The van der Waals surface area contributed by atoms with Crippen LogP contribution in [0.5, 0.6) is 0 Å². The molecule has 0 spiro atoms. The van der Waals surface area contributed by atoms with Gasteiger partial charge in [-0.1, -0.05) is 18.0 Å². The molecule has 0 radical (unpaired) electrons. The summed E-state index contributed by atoms with van der Waals surface area (Å²) in [6, 6.07) is 5.00. The standard InChI is InChI=1S/C14H21ClN2O2S/c1-11-5-3-4-8-17(11)20(18,19)13-6-7-14(15)12(9-13)10-16-2/h6-7,9,11,16H,3-5,8,10H2,1-2H3. The number of sulfonamides is 1. The van der Waals surface area contributed by atoms with Crippen molar-refractivity contribution in [3.63, 3.8) is 0 Å². The van der Waals surface area contributed by atoms with Crippen molar-refractivity contribution in [3.8, 4) is 0 Å². The Morgan fingerprint density at radius 2 is 2.15 bits per heavy atom. The van der Waals surface area contributed by atoms with Crippen LogP contribution in [0.1, 0.15) is 31.7 Å². The molecule has 1 aliphatic rings. The van der Waals surface area contributed by atoms with Gasteiger partial charge >= 0.3 is 0 Å². The molecule has 0 aromatic heterocycles. The molecule has 1 aliphatic heterocycles. The van der Waals surface area contributed by atoms with Gasteiger partial charge in [0, 0.05) is 24.2 Å². The Kier molecular flexibility index (Phi) is 5.07. The number of benzene rings is 1. The van der Waals surface area contributed by atoms with Crippen LogP contribution in [0.2, 0.25) is 5.02 Å². The molecule has 0 aliphatic carbocycles. The second-order valence-electron chi connectivity index (χ2n) is 5.24. The monoisotopic (exact) mass is 316 g/mol. The van der Waals surface area contributed by atoms with Crippen molar-refractivity contribution in [2.45, 2.75) is 43.7 Å². The van der Waals surface area contributed by atoms with Crippen molar-refractivity contribution in [1.82, 2.24) is 9.62 Å². The summed E-state index contributed by atoms with van der Waals surface area (Å²) in [5, 5.41) is 3.59. The smallest absolute Gasteiger partial charge is 0.243 e. The predicted octanol–water partition coefficient (Wildman–Crippen LogP) is 2.62. The lowest BCUT2D eigenvalue weighted by atomic mass is 10.1. The maximum atomic E-state index is 12.7. The van der Waals surface area contributed by atoms with Crippen molar-refractivity contribution in [2.75, 3.05) is 13.6 Å². The van der Waals surface area contributed by atoms with E-state index in [4.69, 9.17) is 11.6 Å². The highest BCUT2D eigenvalue weighted by Gasteiger charge is 2.31. The average Bonchev–Trinajstić information content (AvgIpc) is 2.41. The van der Waals surface area contributed by atoms with Gasteiger partial charge in [-0.15, -0.1) is 0 Å². The van der Waals surface area contributed by atoms with E-state index in [1.165, 1.54) is 0 Å². The molecule has 1 fully saturated rings. The molecular formula is C14H21ClN2O2S. The largest absolute Gasteiger partial charge is 0.316 e. The van der Waals surface area contributed by atoms with Gasteiger partial charge in [-0.2, -0.15) is 4.31 Å². The molecule has 1 N–H and O–H groups in total. The first-order valence-electron chi connectivity index (χ1n) is 6.91. The average molecular weight is 317 g/mol. The molecule has 2 rings (SSSR count). The summed E-state index contributed by atoms with van der Waals surface area (Å²) < 4.78 is 27.1. The van der Waals surface area contributed by atoms with Gasteiger partial charge in [0.1, 0.15) is 0 Å². The summed E-state index contributed by atoms with van der Waals surface area (Å²) in [4.78, 5) is 0.334. The molecule has 1 atom stereocenters. The maximum absolute atomic E-state index is 12.7. The zero-order valence-electron chi connectivity index (χ0n) is 11.9. The molecule has 20 heavy (non-hydrogen) atoms. The minimum Gasteiger partial charge on any atom is -0.316 e. The van der Waals surface area contributed by atoms with Crippen LogP contribution in [-0.2, 0) is 16.6 Å². The van der Waals surface area contributed by atoms with Crippen LogP contribution >= 0.6 is 11.6 Å². The molecule has 112 valence electrons. The minimum absolute atomic E-state index is 0.0668. The zero-order chi connectivity index (χ0) is 14.8. The highest BCUT2D eigenvalue weighted by atomic mass is 35.5. The van der Waals surface area contributed by atoms with E-state index in [1.54, 1.807) is 22.5 Å². The Morgan fingerprint density at radius 1 is 1.40 bits per heavy atom. The van der Waals surface area contributed by atoms with Crippen molar-refractivity contribution in [2.24, 2.45) is 0 Å². The molecule has 0 amide bonds. The second kappa shape index (κ2) is 6.43. The van der Waals surface area contributed by atoms with E-state index in [0.717, 1.165) is 24.8 Å². The molecule has 1 aromatic rings. The van der Waals surface area contributed by atoms with Gasteiger partial charge in [0.05, 0.1) is 4.90 Å². The van der Waals surface area contributed by atoms with Crippen LogP contribution < -0.4 is 5.32 Å². The van der Waals surface area contributed by atoms with Gasteiger partial charge in [0.2, 0.25) is 10.0 Å². The fourth-order valence-electron chi connectivity index (χ4n) is 2.60. The highest BCUT2D eigenvalue weighted by Crippen LogP contribution is 2.27. The van der Waals surface area contributed by atoms with E-state index in [9.17, 15) is 8.42 Å². The number of hydrogen-bond acceptors (Lipinski definition) is 3. The lowest BCUT2D eigenvalue weighted by Crippen LogP contribution is -2.41. The zero-order valence-corrected chi connectivity index (χ0v) is 13.5. The number of hydrogen-bond donors (Lipinski definition) is 1. The van der Waals surface area contributed by atoms with E-state index in [0.29, 0.717) is 23.0 Å². The van der Waals surface area contributed by atoms with Crippen LogP contribution in [0.3, 0.4) is 0 Å². The first kappa shape index (κ1) is 15.8. The normalized spacial score (nSPS) is 21.1. The van der Waals surface area contributed by atoms with Crippen LogP contribution in [0.25, 0.3) is 0 Å². The van der Waals surface area contributed by atoms with Gasteiger partial charge in [-0.25, -0.2) is 8.42 Å². The molecular weight excluding hydrogens is 296 g/mol. The van der Waals surface area contributed by atoms with Gasteiger partial charge < -0.3 is 5.32 Å². The van der Waals surface area contributed by atoms with Crippen LogP contribution in [0, 0.1) is 0 Å². The molecule has 1 saturated heterocycles. The first-order valence-corrected chi connectivity index (χ1v) is 8.73. The number of rotatable bonds is 4. The molecule has 1 heterocycles. The van der Waals surface area contributed by atoms with Crippen molar-refractivity contribution in [3.05, 3.63) is 28.8 Å². The summed E-state index contributed by atoms with van der Waals surface area (Å²) in [7, 11) is -1.61. The third kappa shape index (κ3) is 3.17. The Hall–Kier alpha value is -0.620. The third-order valence-electron chi connectivity index (χ3n) is 3.73. The second-order valence-corrected chi connectivity index (χ2v) is 7.54. The Balaban J connectivity index is 2.36. The van der Waals surface area contributed by atoms with Crippen molar-refractivity contribution in [1.29, 1.82) is 0 Å². The van der Waals surface area contributed by atoms with Gasteiger partial charge in [-0.05, 0) is 50.6 Å². The molecule has 0 saturated carbocycles. The van der Waals surface area contributed by atoms with E-state index in [-0.39, 0.29) is 6.04 Å². The SMILES string of the molecule is CNCc1cc(S(=O)(=O)N2CCCCC2C)ccc1Cl. The van der Waals surface area contributed by atoms with Crippen LogP contribution in [-0.4, -0.2) is 32.4 Å². The van der Waals surface area contributed by atoms with E-state index in [2.05, 4.69) is 5.32 Å². The Labute approximate surface area is 126 Å². The van der Waals surface area contributed by atoms with Gasteiger partial charge in [0.15, 0.2) is 0 Å². The number of nitrogens with zero attached hydrogens (tertiary/aromatic N) is 1. The lowest BCUT2D eigenvalue weighted by Gasteiger charge is -2.32. The van der Waals surface area contributed by atoms with E-state index < -0.39 is 10.0 Å². The quantitative estimate of drug-likeness (QED) is 0.929. The summed E-state index contributed by atoms with van der Waals surface area (Å²) >= 11 is 6.09. The first-order chi connectivity index (χ1) is 9.46. The summed E-state index contributed by atoms with van der Waals surface area (Å²) in [5.74, 6) is 0. The number of halogens is 1. The van der Waals surface area contributed by atoms with Gasteiger partial charge in [-0.3, -0.25) is 0 Å². The fourth-order valence-corrected chi connectivity index (χ4v) is 4.54. The maximum Gasteiger partial charge on any atom is 0.243 e. The lowest BCUT2D eigenvalue weighted by molar-refractivity contribution is 0.268.